The third kappa shape index (κ3) is 7.92. The van der Waals surface area contributed by atoms with E-state index in [1.165, 1.54) is 11.1 Å². The lowest BCUT2D eigenvalue weighted by atomic mass is 9.90. The van der Waals surface area contributed by atoms with Gasteiger partial charge in [0, 0.05) is 38.7 Å². The van der Waals surface area contributed by atoms with Crippen molar-refractivity contribution < 1.29 is 19.1 Å². The van der Waals surface area contributed by atoms with E-state index < -0.39 is 0 Å². The molecule has 2 heterocycles. The highest BCUT2D eigenvalue weighted by Gasteiger charge is 2.26. The molecule has 51 heavy (non-hydrogen) atoms. The molecule has 0 atom stereocenters. The summed E-state index contributed by atoms with van der Waals surface area (Å²) in [4.78, 5) is 24.9. The predicted octanol–water partition coefficient (Wildman–Crippen LogP) is 11.5. The molecule has 0 fully saturated rings. The van der Waals surface area contributed by atoms with Crippen LogP contribution in [0.5, 0.6) is 11.5 Å². The minimum Gasteiger partial charge on any atom is -0.496 e. The highest BCUT2D eigenvalue weighted by atomic mass is 35.5. The van der Waals surface area contributed by atoms with Crippen molar-refractivity contribution in [2.45, 2.75) is 79.1 Å². The topological polar surface area (TPSA) is 76.7 Å². The molecule has 4 aromatic rings. The molecule has 0 aliphatic carbocycles. The number of benzene rings is 4. The van der Waals surface area contributed by atoms with Crippen LogP contribution in [-0.2, 0) is 9.59 Å². The Labute approximate surface area is 307 Å². The van der Waals surface area contributed by atoms with Gasteiger partial charge in [0.15, 0.2) is 0 Å². The second kappa shape index (κ2) is 15.6. The standard InChI is InChI=1S/C22H24ClNO2.C22H25NO2/c1-12(2)16-8-14(9-17(13(3)4)21(16)26-5)10-19-18-11-15(23)6-7-20(18)24-22(19)25;1-13(2)17-10-15(11-18(14(3)4)21(17)25-5)12-19-16-8-6-7-9-20(16)23-22(19)24/h6-13H,1-5H3,(H,24,25);6-14H,1-5H3,(H,23,24). The van der Waals surface area contributed by atoms with Crippen molar-refractivity contribution in [3.8, 4) is 11.5 Å². The first-order valence-electron chi connectivity index (χ1n) is 17.6. The van der Waals surface area contributed by atoms with Gasteiger partial charge in [-0.1, -0.05) is 85.2 Å². The van der Waals surface area contributed by atoms with Crippen LogP contribution in [0.3, 0.4) is 0 Å². The summed E-state index contributed by atoms with van der Waals surface area (Å²) in [6.45, 7) is 17.2. The number of hydrogen-bond acceptors (Lipinski definition) is 4. The average molecular weight is 705 g/mol. The van der Waals surface area contributed by atoms with Gasteiger partial charge in [-0.2, -0.15) is 0 Å². The van der Waals surface area contributed by atoms with Gasteiger partial charge in [-0.3, -0.25) is 9.59 Å². The maximum Gasteiger partial charge on any atom is 0.256 e. The molecule has 0 radical (unpaired) electrons. The zero-order valence-electron chi connectivity index (χ0n) is 31.3. The first-order chi connectivity index (χ1) is 24.2. The van der Waals surface area contributed by atoms with Crippen molar-refractivity contribution in [1.29, 1.82) is 0 Å². The fourth-order valence-corrected chi connectivity index (χ4v) is 6.84. The molecule has 0 saturated heterocycles. The summed E-state index contributed by atoms with van der Waals surface area (Å²) in [6.07, 6.45) is 3.92. The Kier molecular flexibility index (Phi) is 11.5. The highest BCUT2D eigenvalue weighted by Crippen LogP contribution is 2.40. The Morgan fingerprint density at radius 2 is 0.941 bits per heavy atom. The Hall–Kier alpha value is -4.81. The number of ether oxygens (including phenoxy) is 2. The second-order valence-corrected chi connectivity index (χ2v) is 14.8. The van der Waals surface area contributed by atoms with Gasteiger partial charge in [-0.15, -0.1) is 0 Å². The number of para-hydroxylation sites is 1. The van der Waals surface area contributed by atoms with Crippen molar-refractivity contribution in [3.63, 3.8) is 0 Å². The lowest BCUT2D eigenvalue weighted by molar-refractivity contribution is -0.111. The van der Waals surface area contributed by atoms with Gasteiger partial charge < -0.3 is 20.1 Å². The van der Waals surface area contributed by atoms with Gasteiger partial charge >= 0.3 is 0 Å². The van der Waals surface area contributed by atoms with Crippen LogP contribution in [0.25, 0.3) is 23.3 Å². The molecule has 0 spiro atoms. The van der Waals surface area contributed by atoms with Gasteiger partial charge in [0.2, 0.25) is 0 Å². The summed E-state index contributed by atoms with van der Waals surface area (Å²) >= 11 is 6.13. The Morgan fingerprint density at radius 3 is 1.35 bits per heavy atom. The van der Waals surface area contributed by atoms with Crippen LogP contribution in [0.2, 0.25) is 5.02 Å². The van der Waals surface area contributed by atoms with Gasteiger partial charge in [0.05, 0.1) is 14.2 Å². The first-order valence-corrected chi connectivity index (χ1v) is 18.0. The molecule has 0 unspecified atom stereocenters. The third-order valence-electron chi connectivity index (χ3n) is 9.33. The monoisotopic (exact) mass is 704 g/mol. The van der Waals surface area contributed by atoms with E-state index in [9.17, 15) is 9.59 Å². The summed E-state index contributed by atoms with van der Waals surface area (Å²) in [5, 5.41) is 6.45. The normalized spacial score (nSPS) is 15.0. The van der Waals surface area contributed by atoms with E-state index in [0.29, 0.717) is 39.8 Å². The summed E-state index contributed by atoms with van der Waals surface area (Å²) in [5.74, 6) is 3.08. The van der Waals surface area contributed by atoms with Crippen LogP contribution in [-0.4, -0.2) is 26.0 Å². The molecule has 0 aromatic heterocycles. The number of nitrogens with one attached hydrogen (secondary N) is 2. The number of carbonyl (C=O) groups is 2. The number of halogens is 1. The number of carbonyl (C=O) groups excluding carboxylic acids is 2. The summed E-state index contributed by atoms with van der Waals surface area (Å²) in [7, 11) is 3.44. The number of hydrogen-bond donors (Lipinski definition) is 2. The number of anilines is 2. The van der Waals surface area contributed by atoms with E-state index in [2.05, 4.69) is 90.3 Å². The number of fused-ring (bicyclic) bond motifs is 2. The van der Waals surface area contributed by atoms with Crippen molar-refractivity contribution in [2.24, 2.45) is 0 Å². The van der Waals surface area contributed by atoms with E-state index in [-0.39, 0.29) is 11.8 Å². The molecule has 266 valence electrons. The van der Waals surface area contributed by atoms with Crippen LogP contribution in [0, 0.1) is 0 Å². The largest absolute Gasteiger partial charge is 0.496 e. The summed E-state index contributed by atoms with van der Waals surface area (Å²) in [5.41, 5.74) is 11.5. The van der Waals surface area contributed by atoms with Crippen molar-refractivity contribution in [2.75, 3.05) is 24.9 Å². The van der Waals surface area contributed by atoms with E-state index in [1.54, 1.807) is 20.3 Å². The van der Waals surface area contributed by atoms with Crippen LogP contribution in [0.1, 0.15) is 124 Å². The van der Waals surface area contributed by atoms with Crippen LogP contribution >= 0.6 is 11.6 Å². The molecule has 2 N–H and O–H groups in total. The fraction of sp³-hybridized carbons (Fsp3) is 0.318. The first kappa shape index (κ1) is 37.4. The quantitative estimate of drug-likeness (QED) is 0.179. The molecule has 6 nitrogen and oxygen atoms in total. The highest BCUT2D eigenvalue weighted by molar-refractivity contribution is 6.37. The van der Waals surface area contributed by atoms with Gasteiger partial charge in [0.1, 0.15) is 11.5 Å². The number of rotatable bonds is 8. The Balaban J connectivity index is 0.000000198. The zero-order chi connectivity index (χ0) is 37.1. The van der Waals surface area contributed by atoms with Crippen LogP contribution < -0.4 is 20.1 Å². The van der Waals surface area contributed by atoms with Crippen molar-refractivity contribution in [3.05, 3.63) is 116 Å². The molecular weight excluding hydrogens is 656 g/mol. The average Bonchev–Trinajstić information content (AvgIpc) is 3.57. The smallest absolute Gasteiger partial charge is 0.256 e. The van der Waals surface area contributed by atoms with Gasteiger partial charge in [-0.05, 0) is 118 Å². The Morgan fingerprint density at radius 1 is 0.549 bits per heavy atom. The molecule has 6 rings (SSSR count). The second-order valence-electron chi connectivity index (χ2n) is 14.3. The van der Waals surface area contributed by atoms with E-state index in [4.69, 9.17) is 21.1 Å². The lowest BCUT2D eigenvalue weighted by Crippen LogP contribution is -2.04. The molecule has 4 aromatic carbocycles. The van der Waals surface area contributed by atoms with Crippen molar-refractivity contribution >= 4 is 58.1 Å². The fourth-order valence-electron chi connectivity index (χ4n) is 6.67. The van der Waals surface area contributed by atoms with Gasteiger partial charge in [-0.25, -0.2) is 0 Å². The Bertz CT molecular complexity index is 1980. The maximum atomic E-state index is 12.5. The zero-order valence-corrected chi connectivity index (χ0v) is 32.1. The molecule has 2 aliphatic heterocycles. The number of amides is 2. The van der Waals surface area contributed by atoms with E-state index >= 15 is 0 Å². The van der Waals surface area contributed by atoms with Crippen LogP contribution in [0.4, 0.5) is 11.4 Å². The molecule has 7 heteroatoms. The minimum atomic E-state index is -0.102. The predicted molar refractivity (Wildman–Crippen MR) is 213 cm³/mol. The van der Waals surface area contributed by atoms with Gasteiger partial charge in [0.25, 0.3) is 11.8 Å². The minimum absolute atomic E-state index is 0.0470. The van der Waals surface area contributed by atoms with E-state index in [0.717, 1.165) is 56.3 Å². The maximum absolute atomic E-state index is 12.5. The van der Waals surface area contributed by atoms with E-state index in [1.807, 2.05) is 48.6 Å². The molecule has 0 bridgehead atoms. The molecule has 2 amide bonds. The molecular formula is C44H49ClN2O4. The third-order valence-corrected chi connectivity index (χ3v) is 9.57. The molecule has 2 aliphatic rings. The molecule has 0 saturated carbocycles. The lowest BCUT2D eigenvalue weighted by Gasteiger charge is -2.19. The summed E-state index contributed by atoms with van der Waals surface area (Å²) in [6, 6.07) is 21.7. The number of methoxy groups -OCH3 is 2. The van der Waals surface area contributed by atoms with Crippen LogP contribution in [0.15, 0.2) is 66.7 Å². The van der Waals surface area contributed by atoms with Crippen molar-refractivity contribution in [1.82, 2.24) is 0 Å². The SMILES string of the molecule is COc1c(C(C)C)cc(C=C2C(=O)Nc3ccc(Cl)cc32)cc1C(C)C.COc1c(C(C)C)cc(C=C2C(=O)Nc3ccccc32)cc1C(C)C. The summed E-state index contributed by atoms with van der Waals surface area (Å²) < 4.78 is 11.4.